The highest BCUT2D eigenvalue weighted by atomic mass is 19.1. The number of aliphatic carboxylic acids is 1. The number of likely N-dealkylation sites (N-methyl/N-ethyl adjacent to an activating group) is 2. The summed E-state index contributed by atoms with van der Waals surface area (Å²) in [5.41, 5.74) is 0.669. The van der Waals surface area contributed by atoms with Crippen LogP contribution in [0, 0.1) is 69.0 Å². The Morgan fingerprint density at radius 1 is 0.770 bits per heavy atom. The van der Waals surface area contributed by atoms with Crippen LogP contribution in [0.3, 0.4) is 0 Å². The molecule has 6 fully saturated rings. The third-order valence-corrected chi connectivity index (χ3v) is 18.7. The second kappa shape index (κ2) is 15.3. The molecule has 2 aromatic rings. The van der Waals surface area contributed by atoms with Gasteiger partial charge < -0.3 is 25.2 Å². The molecular formula is C48H66F2N6O5. The van der Waals surface area contributed by atoms with Crippen LogP contribution in [-0.2, 0) is 25.7 Å². The van der Waals surface area contributed by atoms with Crippen molar-refractivity contribution in [1.29, 1.82) is 0 Å². The summed E-state index contributed by atoms with van der Waals surface area (Å²) in [6.07, 6.45) is 16.2. The van der Waals surface area contributed by atoms with Crippen LogP contribution in [-0.4, -0.2) is 79.7 Å². The summed E-state index contributed by atoms with van der Waals surface area (Å²) in [7, 11) is 3.47. The van der Waals surface area contributed by atoms with Gasteiger partial charge in [0.15, 0.2) is 17.3 Å². The number of amides is 3. The molecule has 0 saturated heterocycles. The summed E-state index contributed by atoms with van der Waals surface area (Å²) in [5, 5.41) is 12.8. The quantitative estimate of drug-likeness (QED) is 0.280. The Labute approximate surface area is 359 Å². The fourth-order valence-electron chi connectivity index (χ4n) is 15.8. The van der Waals surface area contributed by atoms with E-state index in [0.29, 0.717) is 53.5 Å². The Kier molecular flexibility index (Phi) is 10.9. The molecule has 3 N–H and O–H groups in total. The molecule has 0 aromatic carbocycles. The maximum absolute atomic E-state index is 14.6. The molecule has 13 heteroatoms. The monoisotopic (exact) mass is 845 g/mol. The van der Waals surface area contributed by atoms with Crippen LogP contribution < -0.4 is 5.32 Å². The van der Waals surface area contributed by atoms with Gasteiger partial charge in [-0.25, -0.2) is 18.7 Å². The van der Waals surface area contributed by atoms with Gasteiger partial charge in [-0.3, -0.25) is 19.2 Å². The Morgan fingerprint density at radius 3 is 1.79 bits per heavy atom. The van der Waals surface area contributed by atoms with E-state index < -0.39 is 29.4 Å². The van der Waals surface area contributed by atoms with Gasteiger partial charge in [-0.05, 0) is 148 Å². The molecule has 0 bridgehead atoms. The number of carbonyl (C=O) groups excluding carboxylic acids is 3. The maximum atomic E-state index is 14.6. The maximum Gasteiger partial charge on any atom is 0.307 e. The smallest absolute Gasteiger partial charge is 0.307 e. The number of aromatic nitrogens is 3. The average molecular weight is 845 g/mol. The van der Waals surface area contributed by atoms with Crippen molar-refractivity contribution in [2.45, 2.75) is 131 Å². The summed E-state index contributed by atoms with van der Waals surface area (Å²) < 4.78 is 28.9. The van der Waals surface area contributed by atoms with Crippen LogP contribution in [0.5, 0.6) is 0 Å². The first-order valence-corrected chi connectivity index (χ1v) is 22.5. The largest absolute Gasteiger partial charge is 0.481 e. The van der Waals surface area contributed by atoms with Crippen molar-refractivity contribution >= 4 is 34.9 Å². The number of fused-ring (bicyclic) bond motifs is 11. The van der Waals surface area contributed by atoms with Crippen LogP contribution in [0.25, 0.3) is 11.2 Å². The highest BCUT2D eigenvalue weighted by Gasteiger charge is 2.64. The number of carbonyl (C=O) groups is 4. The van der Waals surface area contributed by atoms with Crippen LogP contribution in [0.2, 0.25) is 0 Å². The molecule has 332 valence electrons. The second-order valence-corrected chi connectivity index (χ2v) is 21.0. The van der Waals surface area contributed by atoms with Crippen LogP contribution in [0.15, 0.2) is 42.1 Å². The molecule has 3 amide bonds. The zero-order valence-electron chi connectivity index (χ0n) is 36.0. The third-order valence-electron chi connectivity index (χ3n) is 18.7. The van der Waals surface area contributed by atoms with Crippen molar-refractivity contribution in [2.24, 2.45) is 69.0 Å². The number of nitrogens with one attached hydrogen (secondary N) is 2. The number of hydrogen-bond donors (Lipinski definition) is 3. The first kappa shape index (κ1) is 43.5. The summed E-state index contributed by atoms with van der Waals surface area (Å²) in [6, 6.07) is 3.90. The fourth-order valence-corrected chi connectivity index (χ4v) is 15.8. The predicted molar refractivity (Wildman–Crippen MR) is 227 cm³/mol. The minimum atomic E-state index is -0.655. The number of rotatable bonds is 4. The molecule has 2 aromatic heterocycles. The molecular weight excluding hydrogens is 779 g/mol. The zero-order valence-corrected chi connectivity index (χ0v) is 36.0. The molecule has 61 heavy (non-hydrogen) atoms. The molecule has 6 aliphatic carbocycles. The molecule has 8 aliphatic rings. The van der Waals surface area contributed by atoms with E-state index in [2.05, 4.69) is 48.0 Å². The third kappa shape index (κ3) is 6.50. The van der Waals surface area contributed by atoms with Crippen molar-refractivity contribution in [3.05, 3.63) is 48.0 Å². The normalized spacial score (nSPS) is 42.2. The lowest BCUT2D eigenvalue weighted by Crippen LogP contribution is -2.60. The molecule has 2 aliphatic heterocycles. The van der Waals surface area contributed by atoms with Crippen LogP contribution in [0.4, 0.5) is 8.78 Å². The Balaban J connectivity index is 0.000000175. The minimum Gasteiger partial charge on any atom is -0.481 e. The highest BCUT2D eigenvalue weighted by molar-refractivity contribution is 5.93. The molecule has 4 unspecified atom stereocenters. The van der Waals surface area contributed by atoms with Gasteiger partial charge in [-0.2, -0.15) is 0 Å². The molecule has 11 nitrogen and oxygen atoms in total. The van der Waals surface area contributed by atoms with Gasteiger partial charge in [0.1, 0.15) is 5.82 Å². The predicted octanol–water partition coefficient (Wildman–Crippen LogP) is 8.39. The van der Waals surface area contributed by atoms with Gasteiger partial charge in [0.25, 0.3) is 11.8 Å². The number of H-pyrrole nitrogens is 1. The van der Waals surface area contributed by atoms with Crippen molar-refractivity contribution in [1.82, 2.24) is 30.1 Å². The van der Waals surface area contributed by atoms with Gasteiger partial charge in [-0.1, -0.05) is 35.1 Å². The van der Waals surface area contributed by atoms with E-state index in [1.54, 1.807) is 42.2 Å². The van der Waals surface area contributed by atoms with E-state index >= 15 is 0 Å². The SMILES string of the molecule is C.CN1C(=O)C(F)=C[C@]2(C)C3CC[C@]4(C)[C@@H](C(=O)NCc5nc6ncccc6[nH]5)CC[C@H]4C3CC[C@@H]12.CN1C(=O)C(F)=C[C@]2(C)C3CC[C@]4(C)[C@@H](C(=O)O)CC[C@H]4C3CC[C@@H]12. The van der Waals surface area contributed by atoms with E-state index in [4.69, 9.17) is 0 Å². The van der Waals surface area contributed by atoms with Crippen molar-refractivity contribution < 1.29 is 33.1 Å². The highest BCUT2D eigenvalue weighted by Crippen LogP contribution is 2.67. The molecule has 0 spiro atoms. The van der Waals surface area contributed by atoms with Gasteiger partial charge in [0.2, 0.25) is 5.91 Å². The Hall–Kier alpha value is -4.16. The summed E-state index contributed by atoms with van der Waals surface area (Å²) >= 11 is 0. The summed E-state index contributed by atoms with van der Waals surface area (Å²) in [6.45, 7) is 9.10. The topological polar surface area (TPSA) is 149 Å². The van der Waals surface area contributed by atoms with Crippen LogP contribution >= 0.6 is 0 Å². The zero-order chi connectivity index (χ0) is 42.7. The van der Waals surface area contributed by atoms with Crippen LogP contribution in [0.1, 0.15) is 118 Å². The number of carboxylic acid groups (broad SMARTS) is 1. The minimum absolute atomic E-state index is 0. The number of pyridine rings is 1. The number of carboxylic acids is 1. The summed E-state index contributed by atoms with van der Waals surface area (Å²) in [4.78, 5) is 64.7. The lowest BCUT2D eigenvalue weighted by Gasteiger charge is -2.60. The van der Waals surface area contributed by atoms with Crippen molar-refractivity contribution in [3.8, 4) is 0 Å². The van der Waals surface area contributed by atoms with E-state index in [1.165, 1.54) is 0 Å². The molecule has 0 radical (unpaired) electrons. The number of imidazole rings is 1. The lowest BCUT2D eigenvalue weighted by molar-refractivity contribution is -0.153. The van der Waals surface area contributed by atoms with E-state index in [-0.39, 0.29) is 58.9 Å². The number of aromatic amines is 1. The van der Waals surface area contributed by atoms with Crippen molar-refractivity contribution in [3.63, 3.8) is 0 Å². The lowest BCUT2D eigenvalue weighted by atomic mass is 9.47. The van der Waals surface area contributed by atoms with E-state index in [9.17, 15) is 33.1 Å². The first-order valence-electron chi connectivity index (χ1n) is 22.5. The second-order valence-electron chi connectivity index (χ2n) is 21.0. The molecule has 6 saturated carbocycles. The molecule has 14 atom stereocenters. The molecule has 10 rings (SSSR count). The fraction of sp³-hybridized carbons (Fsp3) is 0.708. The van der Waals surface area contributed by atoms with Gasteiger partial charge in [0, 0.05) is 49.1 Å². The Bertz CT molecular complexity index is 2140. The number of hydrogen-bond acceptors (Lipinski definition) is 6. The summed E-state index contributed by atoms with van der Waals surface area (Å²) in [5.74, 6) is 0.121. The first-order chi connectivity index (χ1) is 28.4. The van der Waals surface area contributed by atoms with E-state index in [1.807, 2.05) is 12.1 Å². The van der Waals surface area contributed by atoms with Gasteiger partial charge in [0.05, 0.1) is 18.0 Å². The number of nitrogens with zero attached hydrogens (tertiary/aromatic N) is 4. The average Bonchev–Trinajstić information content (AvgIpc) is 3.90. The van der Waals surface area contributed by atoms with Gasteiger partial charge >= 0.3 is 5.97 Å². The van der Waals surface area contributed by atoms with Gasteiger partial charge in [-0.15, -0.1) is 0 Å². The molecule has 4 heterocycles. The Morgan fingerprint density at radius 2 is 1.28 bits per heavy atom. The standard InChI is InChI=1S/C27H34FN5O2.C20H28FNO3.CH4/c1-26-11-10-17-15(6-9-21-27(17,2)13-19(28)25(35)33(21)3)16(26)7-8-18(26)24(34)30-14-22-31-20-5-4-12-29-23(20)32-22;1-19-9-8-13-11(12(19)5-6-14(19)18(24)25)4-7-16-20(13,2)10-15(21)17(23)22(16)3;/h4-5,12-13,15-18,21H,6-11,14H2,1-3H3,(H,30,34)(H,29,31,32);10-14,16H,4-9H2,1-3H3,(H,24,25);1H4/t15?,16-,17?,18+,21+,26-,27+;11?,12-,13?,14+,16+,19-,20+;/m00./s1. The number of halogens is 2. The van der Waals surface area contributed by atoms with Crippen molar-refractivity contribution in [2.75, 3.05) is 14.1 Å². The van der Waals surface area contributed by atoms with E-state index in [0.717, 1.165) is 82.6 Å².